The Labute approximate surface area is 130 Å². The molecule has 7 nitrogen and oxygen atoms in total. The van der Waals surface area contributed by atoms with Crippen molar-refractivity contribution in [2.45, 2.75) is 32.2 Å². The van der Waals surface area contributed by atoms with E-state index in [1.54, 1.807) is 17.9 Å². The van der Waals surface area contributed by atoms with Gasteiger partial charge in [0.25, 0.3) is 0 Å². The van der Waals surface area contributed by atoms with Crippen molar-refractivity contribution in [2.75, 3.05) is 23.4 Å². The quantitative estimate of drug-likeness (QED) is 0.883. The van der Waals surface area contributed by atoms with Crippen LogP contribution >= 0.6 is 0 Å². The second kappa shape index (κ2) is 5.83. The number of amides is 2. The first-order chi connectivity index (χ1) is 10.5. The maximum atomic E-state index is 12.6. The van der Waals surface area contributed by atoms with E-state index in [1.165, 1.54) is 6.20 Å². The Balaban J connectivity index is 1.79. The van der Waals surface area contributed by atoms with E-state index in [1.807, 2.05) is 0 Å². The van der Waals surface area contributed by atoms with Crippen LogP contribution in [0, 0.1) is 12.8 Å². The lowest BCUT2D eigenvalue weighted by molar-refractivity contribution is 0.187. The second-order valence-electron chi connectivity index (χ2n) is 6.03. The third-order valence-corrected chi connectivity index (χ3v) is 6.01. The second-order valence-corrected chi connectivity index (χ2v) is 8.26. The number of carbonyl (C=O) groups excluding carboxylic acids is 1. The molecule has 0 radical (unpaired) electrons. The molecule has 1 N–H and O–H groups in total. The predicted molar refractivity (Wildman–Crippen MR) is 82.3 cm³/mol. The van der Waals surface area contributed by atoms with Crippen LogP contribution in [0.15, 0.2) is 12.3 Å². The van der Waals surface area contributed by atoms with Gasteiger partial charge >= 0.3 is 6.03 Å². The zero-order chi connectivity index (χ0) is 15.7. The number of hydrogen-bond acceptors (Lipinski definition) is 5. The van der Waals surface area contributed by atoms with Gasteiger partial charge in [0.05, 0.1) is 35.1 Å². The number of rotatable bonds is 2. The molecule has 1 saturated heterocycles. The van der Waals surface area contributed by atoms with Gasteiger partial charge in [0, 0.05) is 6.54 Å². The minimum Gasteiger partial charge on any atom is -0.320 e. The number of anilines is 1. The van der Waals surface area contributed by atoms with Crippen molar-refractivity contribution in [1.82, 2.24) is 15.1 Å². The van der Waals surface area contributed by atoms with Crippen LogP contribution in [0.2, 0.25) is 0 Å². The maximum absolute atomic E-state index is 12.6. The summed E-state index contributed by atoms with van der Waals surface area (Å²) in [6.07, 6.45) is 4.01. The SMILES string of the molecule is Cc1nnccc1NC(=O)N1CCCS(=O)(=O)CC1C1CC1. The third-order valence-electron chi connectivity index (χ3n) is 4.25. The van der Waals surface area contributed by atoms with Crippen molar-refractivity contribution >= 4 is 21.6 Å². The molecule has 2 amide bonds. The monoisotopic (exact) mass is 324 g/mol. The summed E-state index contributed by atoms with van der Waals surface area (Å²) in [4.78, 5) is 14.3. The molecule has 1 aliphatic heterocycles. The van der Waals surface area contributed by atoms with Crippen LogP contribution in [-0.4, -0.2) is 53.6 Å². The van der Waals surface area contributed by atoms with Gasteiger partial charge in [0.1, 0.15) is 0 Å². The molecular formula is C14H20N4O3S. The van der Waals surface area contributed by atoms with Gasteiger partial charge in [-0.2, -0.15) is 10.2 Å². The molecule has 2 heterocycles. The molecule has 2 aliphatic rings. The van der Waals surface area contributed by atoms with Crippen LogP contribution < -0.4 is 5.32 Å². The normalized spacial score (nSPS) is 24.6. The molecule has 1 saturated carbocycles. The number of nitrogens with one attached hydrogen (secondary N) is 1. The summed E-state index contributed by atoms with van der Waals surface area (Å²) < 4.78 is 24.0. The zero-order valence-corrected chi connectivity index (χ0v) is 13.3. The Morgan fingerprint density at radius 3 is 2.86 bits per heavy atom. The zero-order valence-electron chi connectivity index (χ0n) is 12.5. The van der Waals surface area contributed by atoms with Crippen LogP contribution in [0.4, 0.5) is 10.5 Å². The Kier molecular flexibility index (Phi) is 4.03. The molecule has 1 aliphatic carbocycles. The number of nitrogens with zero attached hydrogens (tertiary/aromatic N) is 3. The van der Waals surface area contributed by atoms with E-state index in [0.29, 0.717) is 30.3 Å². The summed E-state index contributed by atoms with van der Waals surface area (Å²) in [5.74, 6) is 0.560. The summed E-state index contributed by atoms with van der Waals surface area (Å²) in [6.45, 7) is 2.25. The molecule has 22 heavy (non-hydrogen) atoms. The highest BCUT2D eigenvalue weighted by molar-refractivity contribution is 7.91. The summed E-state index contributed by atoms with van der Waals surface area (Å²) in [5, 5.41) is 10.5. The molecule has 8 heteroatoms. The summed E-state index contributed by atoms with van der Waals surface area (Å²) in [6, 6.07) is 1.24. The number of hydrogen-bond donors (Lipinski definition) is 1. The van der Waals surface area contributed by atoms with Crippen LogP contribution in [0.25, 0.3) is 0 Å². The van der Waals surface area contributed by atoms with E-state index >= 15 is 0 Å². The number of aryl methyl sites for hydroxylation is 1. The van der Waals surface area contributed by atoms with Crippen LogP contribution in [0.5, 0.6) is 0 Å². The fourth-order valence-electron chi connectivity index (χ4n) is 2.90. The highest BCUT2D eigenvalue weighted by atomic mass is 32.2. The molecule has 0 bridgehead atoms. The van der Waals surface area contributed by atoms with E-state index in [-0.39, 0.29) is 23.6 Å². The van der Waals surface area contributed by atoms with Crippen LogP contribution in [-0.2, 0) is 9.84 Å². The van der Waals surface area contributed by atoms with Crippen molar-refractivity contribution in [1.29, 1.82) is 0 Å². The average Bonchev–Trinajstić information content (AvgIpc) is 3.28. The third kappa shape index (κ3) is 3.37. The standard InChI is InChI=1S/C14H20N4O3S/c1-10-12(5-6-15-17-10)16-14(19)18-7-2-8-22(20,21)9-13(18)11-3-4-11/h5-6,11,13H,2-4,7-9H2,1H3,(H,15,16,19). The van der Waals surface area contributed by atoms with Gasteiger partial charge < -0.3 is 10.2 Å². The van der Waals surface area contributed by atoms with E-state index in [0.717, 1.165) is 12.8 Å². The predicted octanol–water partition coefficient (Wildman–Crippen LogP) is 1.22. The van der Waals surface area contributed by atoms with Gasteiger partial charge in [-0.3, -0.25) is 0 Å². The molecule has 1 aromatic heterocycles. The molecule has 0 aromatic carbocycles. The molecule has 1 unspecified atom stereocenters. The molecule has 120 valence electrons. The maximum Gasteiger partial charge on any atom is 0.322 e. The van der Waals surface area contributed by atoms with Gasteiger partial charge in [-0.15, -0.1) is 0 Å². The van der Waals surface area contributed by atoms with Crippen molar-refractivity contribution in [3.8, 4) is 0 Å². The Hall–Kier alpha value is -1.70. The highest BCUT2D eigenvalue weighted by Gasteiger charge is 2.41. The van der Waals surface area contributed by atoms with E-state index < -0.39 is 9.84 Å². The largest absolute Gasteiger partial charge is 0.322 e. The van der Waals surface area contributed by atoms with Gasteiger partial charge in [-0.25, -0.2) is 13.2 Å². The number of urea groups is 1. The van der Waals surface area contributed by atoms with Gasteiger partial charge in [0.2, 0.25) is 0 Å². The number of aromatic nitrogens is 2. The van der Waals surface area contributed by atoms with Crippen molar-refractivity contribution in [3.05, 3.63) is 18.0 Å². The topological polar surface area (TPSA) is 92.3 Å². The van der Waals surface area contributed by atoms with E-state index in [9.17, 15) is 13.2 Å². The molecule has 0 spiro atoms. The molecule has 3 rings (SSSR count). The minimum atomic E-state index is -3.06. The van der Waals surface area contributed by atoms with Crippen molar-refractivity contribution in [3.63, 3.8) is 0 Å². The smallest absolute Gasteiger partial charge is 0.320 e. The Bertz CT molecular complexity index is 672. The molecular weight excluding hydrogens is 304 g/mol. The van der Waals surface area contributed by atoms with Gasteiger partial charge in [-0.05, 0) is 38.2 Å². The van der Waals surface area contributed by atoms with Crippen molar-refractivity contribution < 1.29 is 13.2 Å². The first-order valence-corrected chi connectivity index (χ1v) is 9.35. The summed E-state index contributed by atoms with van der Waals surface area (Å²) in [7, 11) is -3.06. The lowest BCUT2D eigenvalue weighted by Crippen LogP contribution is -2.46. The van der Waals surface area contributed by atoms with Crippen LogP contribution in [0.1, 0.15) is 25.0 Å². The summed E-state index contributed by atoms with van der Waals surface area (Å²) in [5.41, 5.74) is 1.25. The minimum absolute atomic E-state index is 0.0820. The summed E-state index contributed by atoms with van der Waals surface area (Å²) >= 11 is 0. The first-order valence-electron chi connectivity index (χ1n) is 7.52. The van der Waals surface area contributed by atoms with Gasteiger partial charge in [0.15, 0.2) is 9.84 Å². The Morgan fingerprint density at radius 1 is 1.41 bits per heavy atom. The van der Waals surface area contributed by atoms with Crippen LogP contribution in [0.3, 0.4) is 0 Å². The fourth-order valence-corrected chi connectivity index (χ4v) is 4.61. The first kappa shape index (κ1) is 15.2. The van der Waals surface area contributed by atoms with E-state index in [4.69, 9.17) is 0 Å². The Morgan fingerprint density at radius 2 is 2.18 bits per heavy atom. The molecule has 1 atom stereocenters. The number of sulfone groups is 1. The van der Waals surface area contributed by atoms with Crippen molar-refractivity contribution in [2.24, 2.45) is 5.92 Å². The lowest BCUT2D eigenvalue weighted by Gasteiger charge is -2.29. The average molecular weight is 324 g/mol. The highest BCUT2D eigenvalue weighted by Crippen LogP contribution is 2.37. The fraction of sp³-hybridized carbons (Fsp3) is 0.643. The van der Waals surface area contributed by atoms with Gasteiger partial charge in [-0.1, -0.05) is 0 Å². The van der Waals surface area contributed by atoms with E-state index in [2.05, 4.69) is 15.5 Å². The lowest BCUT2D eigenvalue weighted by atomic mass is 10.2. The molecule has 1 aromatic rings. The molecule has 2 fully saturated rings. The number of carbonyl (C=O) groups is 1.